The third-order valence-electron chi connectivity index (χ3n) is 3.30. The molecule has 0 bridgehead atoms. The molecule has 0 spiro atoms. The molecule has 4 heteroatoms. The molecule has 1 unspecified atom stereocenters. The van der Waals surface area contributed by atoms with Crippen LogP contribution in [0.5, 0.6) is 5.75 Å². The Kier molecular flexibility index (Phi) is 5.68. The average Bonchev–Trinajstić information content (AvgIpc) is 2.97. The molecule has 108 valence electrons. The Balaban J connectivity index is 1.82. The molecule has 20 heavy (non-hydrogen) atoms. The van der Waals surface area contributed by atoms with Crippen LogP contribution in [0.4, 0.5) is 0 Å². The molecular formula is C16H20BrNO2. The zero-order valence-electron chi connectivity index (χ0n) is 11.9. The van der Waals surface area contributed by atoms with Crippen LogP contribution < -0.4 is 10.1 Å². The van der Waals surface area contributed by atoms with Crippen molar-refractivity contribution in [1.82, 2.24) is 5.32 Å². The van der Waals surface area contributed by atoms with Gasteiger partial charge >= 0.3 is 0 Å². The summed E-state index contributed by atoms with van der Waals surface area (Å²) in [4.78, 5) is 0. The van der Waals surface area contributed by atoms with E-state index in [4.69, 9.17) is 9.15 Å². The molecule has 2 aromatic rings. The minimum atomic E-state index is 0.429. The first kappa shape index (κ1) is 15.1. The number of halogens is 1. The van der Waals surface area contributed by atoms with Crippen LogP contribution in [0, 0.1) is 0 Å². The molecule has 1 atom stereocenters. The predicted octanol–water partition coefficient (Wildman–Crippen LogP) is 4.16. The third kappa shape index (κ3) is 4.39. The highest BCUT2D eigenvalue weighted by Crippen LogP contribution is 2.22. The van der Waals surface area contributed by atoms with Crippen LogP contribution in [-0.2, 0) is 13.0 Å². The number of methoxy groups -OCH3 is 1. The lowest BCUT2D eigenvalue weighted by atomic mass is 10.1. The first-order valence-corrected chi connectivity index (χ1v) is 7.56. The Labute approximate surface area is 128 Å². The lowest BCUT2D eigenvalue weighted by molar-refractivity contribution is 0.413. The Hall–Kier alpha value is -1.26. The molecule has 1 N–H and O–H groups in total. The van der Waals surface area contributed by atoms with Crippen molar-refractivity contribution >= 4 is 15.9 Å². The third-order valence-corrected chi connectivity index (χ3v) is 4.07. The quantitative estimate of drug-likeness (QED) is 0.823. The summed E-state index contributed by atoms with van der Waals surface area (Å²) in [6.07, 6.45) is 3.73. The molecule has 0 aliphatic heterocycles. The summed E-state index contributed by atoms with van der Waals surface area (Å²) in [5.74, 6) is 1.93. The van der Waals surface area contributed by atoms with Gasteiger partial charge in [0.2, 0.25) is 0 Å². The van der Waals surface area contributed by atoms with Gasteiger partial charge in [-0.1, -0.05) is 15.9 Å². The van der Waals surface area contributed by atoms with E-state index >= 15 is 0 Å². The summed E-state index contributed by atoms with van der Waals surface area (Å²) in [5.41, 5.74) is 1.20. The van der Waals surface area contributed by atoms with Gasteiger partial charge in [-0.15, -0.1) is 0 Å². The maximum absolute atomic E-state index is 5.34. The van der Waals surface area contributed by atoms with Crippen molar-refractivity contribution in [2.45, 2.75) is 32.4 Å². The molecule has 1 aromatic carbocycles. The van der Waals surface area contributed by atoms with Crippen molar-refractivity contribution in [2.24, 2.45) is 0 Å². The topological polar surface area (TPSA) is 34.4 Å². The standard InChI is InChI=1S/C16H20BrNO2/c1-12(5-6-14-4-3-9-20-14)18-11-13-10-15(19-2)7-8-16(13)17/h3-4,7-10,12,18H,5-6,11H2,1-2H3. The zero-order chi connectivity index (χ0) is 14.4. The highest BCUT2D eigenvalue weighted by Gasteiger charge is 2.06. The minimum Gasteiger partial charge on any atom is -0.497 e. The van der Waals surface area contributed by atoms with Gasteiger partial charge in [0.05, 0.1) is 13.4 Å². The van der Waals surface area contributed by atoms with Gasteiger partial charge in [0.25, 0.3) is 0 Å². The molecule has 0 fully saturated rings. The van der Waals surface area contributed by atoms with E-state index in [0.29, 0.717) is 6.04 Å². The summed E-state index contributed by atoms with van der Waals surface area (Å²) in [6, 6.07) is 10.4. The minimum absolute atomic E-state index is 0.429. The second kappa shape index (κ2) is 7.50. The fourth-order valence-electron chi connectivity index (χ4n) is 2.01. The maximum Gasteiger partial charge on any atom is 0.119 e. The monoisotopic (exact) mass is 337 g/mol. The molecule has 0 radical (unpaired) electrons. The Bertz CT molecular complexity index is 525. The lowest BCUT2D eigenvalue weighted by Crippen LogP contribution is -2.26. The summed E-state index contributed by atoms with van der Waals surface area (Å²) < 4.78 is 11.7. The smallest absolute Gasteiger partial charge is 0.119 e. The van der Waals surface area contributed by atoms with Crippen LogP contribution in [0.15, 0.2) is 45.5 Å². The van der Waals surface area contributed by atoms with E-state index in [-0.39, 0.29) is 0 Å². The van der Waals surface area contributed by atoms with Gasteiger partial charge in [-0.05, 0) is 49.2 Å². The van der Waals surface area contributed by atoms with Gasteiger partial charge in [0.1, 0.15) is 11.5 Å². The van der Waals surface area contributed by atoms with E-state index in [1.54, 1.807) is 13.4 Å². The average molecular weight is 338 g/mol. The molecule has 1 heterocycles. The van der Waals surface area contributed by atoms with Crippen molar-refractivity contribution in [3.05, 3.63) is 52.4 Å². The highest BCUT2D eigenvalue weighted by molar-refractivity contribution is 9.10. The maximum atomic E-state index is 5.34. The first-order valence-electron chi connectivity index (χ1n) is 6.77. The van der Waals surface area contributed by atoms with Crippen molar-refractivity contribution < 1.29 is 9.15 Å². The van der Waals surface area contributed by atoms with E-state index in [9.17, 15) is 0 Å². The number of rotatable bonds is 7. The van der Waals surface area contributed by atoms with Gasteiger partial charge in [-0.3, -0.25) is 0 Å². The van der Waals surface area contributed by atoms with E-state index in [0.717, 1.165) is 35.4 Å². The lowest BCUT2D eigenvalue weighted by Gasteiger charge is -2.14. The van der Waals surface area contributed by atoms with E-state index in [2.05, 4.69) is 34.2 Å². The van der Waals surface area contributed by atoms with Crippen molar-refractivity contribution in [2.75, 3.05) is 7.11 Å². The second-order valence-corrected chi connectivity index (χ2v) is 5.71. The predicted molar refractivity (Wildman–Crippen MR) is 84.0 cm³/mol. The molecule has 0 amide bonds. The van der Waals surface area contributed by atoms with Crippen LogP contribution in [0.1, 0.15) is 24.7 Å². The number of benzene rings is 1. The van der Waals surface area contributed by atoms with Crippen LogP contribution in [0.3, 0.4) is 0 Å². The number of hydrogen-bond donors (Lipinski definition) is 1. The normalized spacial score (nSPS) is 12.3. The Morgan fingerprint density at radius 2 is 2.20 bits per heavy atom. The molecular weight excluding hydrogens is 318 g/mol. The van der Waals surface area contributed by atoms with E-state index in [1.165, 1.54) is 5.56 Å². The largest absolute Gasteiger partial charge is 0.497 e. The molecule has 0 saturated carbocycles. The molecule has 0 aliphatic rings. The molecule has 0 saturated heterocycles. The van der Waals surface area contributed by atoms with Gasteiger partial charge in [0.15, 0.2) is 0 Å². The molecule has 2 rings (SSSR count). The highest BCUT2D eigenvalue weighted by atomic mass is 79.9. The summed E-state index contributed by atoms with van der Waals surface area (Å²) in [7, 11) is 1.69. The van der Waals surface area contributed by atoms with Gasteiger partial charge in [-0.2, -0.15) is 0 Å². The summed E-state index contributed by atoms with van der Waals surface area (Å²) in [6.45, 7) is 3.01. The molecule has 3 nitrogen and oxygen atoms in total. The Morgan fingerprint density at radius 1 is 1.35 bits per heavy atom. The SMILES string of the molecule is COc1ccc(Br)c(CNC(C)CCc2ccco2)c1. The Morgan fingerprint density at radius 3 is 2.90 bits per heavy atom. The number of ether oxygens (including phenoxy) is 1. The van der Waals surface area contributed by atoms with Gasteiger partial charge < -0.3 is 14.5 Å². The number of hydrogen-bond acceptors (Lipinski definition) is 3. The van der Waals surface area contributed by atoms with Gasteiger partial charge in [0, 0.05) is 23.5 Å². The number of furan rings is 1. The summed E-state index contributed by atoms with van der Waals surface area (Å²) >= 11 is 3.57. The molecule has 1 aromatic heterocycles. The second-order valence-electron chi connectivity index (χ2n) is 4.86. The number of nitrogens with one attached hydrogen (secondary N) is 1. The van der Waals surface area contributed by atoms with E-state index in [1.807, 2.05) is 24.3 Å². The van der Waals surface area contributed by atoms with Crippen LogP contribution >= 0.6 is 15.9 Å². The van der Waals surface area contributed by atoms with Crippen LogP contribution in [0.25, 0.3) is 0 Å². The van der Waals surface area contributed by atoms with Gasteiger partial charge in [-0.25, -0.2) is 0 Å². The molecule has 0 aliphatic carbocycles. The zero-order valence-corrected chi connectivity index (χ0v) is 13.4. The van der Waals surface area contributed by atoms with Crippen LogP contribution in [0.2, 0.25) is 0 Å². The first-order chi connectivity index (χ1) is 9.69. The van der Waals surface area contributed by atoms with Crippen molar-refractivity contribution in [1.29, 1.82) is 0 Å². The van der Waals surface area contributed by atoms with E-state index < -0.39 is 0 Å². The fraction of sp³-hybridized carbons (Fsp3) is 0.375. The number of aryl methyl sites for hydroxylation is 1. The fourth-order valence-corrected chi connectivity index (χ4v) is 2.40. The summed E-state index contributed by atoms with van der Waals surface area (Å²) in [5, 5.41) is 3.53. The van der Waals surface area contributed by atoms with Crippen molar-refractivity contribution in [3.8, 4) is 5.75 Å². The van der Waals surface area contributed by atoms with Crippen LogP contribution in [-0.4, -0.2) is 13.2 Å². The van der Waals surface area contributed by atoms with Crippen molar-refractivity contribution in [3.63, 3.8) is 0 Å².